The fourth-order valence-corrected chi connectivity index (χ4v) is 8.42. The molecule has 4 rings (SSSR count). The summed E-state index contributed by atoms with van der Waals surface area (Å²) in [6.45, 7) is 9.13. The Bertz CT molecular complexity index is 1050. The van der Waals surface area contributed by atoms with Crippen LogP contribution in [0.15, 0.2) is 36.4 Å². The van der Waals surface area contributed by atoms with Gasteiger partial charge >= 0.3 is 12.2 Å². The average molecular weight is 563 g/mol. The Morgan fingerprint density at radius 1 is 0.610 bits per heavy atom. The summed E-state index contributed by atoms with van der Waals surface area (Å²) in [5.41, 5.74) is 19.5. The zero-order chi connectivity index (χ0) is 29.6. The second-order valence-electron chi connectivity index (χ2n) is 12.0. The quantitative estimate of drug-likeness (QED) is 0.312. The monoisotopic (exact) mass is 562 g/mol. The highest BCUT2D eigenvalue weighted by Gasteiger charge is 2.52. The first-order chi connectivity index (χ1) is 19.8. The number of primary amides is 2. The van der Waals surface area contributed by atoms with Gasteiger partial charge in [0, 0.05) is 5.41 Å². The van der Waals surface area contributed by atoms with Gasteiger partial charge in [0.15, 0.2) is 0 Å². The van der Waals surface area contributed by atoms with Crippen molar-refractivity contribution in [1.82, 2.24) is 0 Å². The first-order valence-corrected chi connectivity index (χ1v) is 15.9. The first-order valence-electron chi connectivity index (χ1n) is 15.9. The van der Waals surface area contributed by atoms with Crippen molar-refractivity contribution >= 4 is 12.2 Å². The predicted molar refractivity (Wildman–Crippen MR) is 164 cm³/mol. The summed E-state index contributed by atoms with van der Waals surface area (Å²) in [4.78, 5) is 23.3. The van der Waals surface area contributed by atoms with Crippen LogP contribution in [0.3, 0.4) is 0 Å². The lowest BCUT2D eigenvalue weighted by Gasteiger charge is -2.54. The molecule has 2 aromatic carbocycles. The summed E-state index contributed by atoms with van der Waals surface area (Å²) in [5, 5.41) is 0. The molecule has 0 spiro atoms. The number of amides is 2. The standard InChI is InChI=1S/C35H50N2O4/c1-5-23-11-9-12-24(6-2)31(23)35(27-15-19-29(20-16-27)40-33(36)38,28-17-21-30(22-18-28)41-34(37)39)32-25(7-3)13-10-14-26(32)8-4/h9-14,27-30H,5-8,15-22H2,1-4H3,(H2,36,38)(H2,37,39). The number of hydrogen-bond acceptors (Lipinski definition) is 4. The van der Waals surface area contributed by atoms with Gasteiger partial charge in [-0.25, -0.2) is 9.59 Å². The molecule has 41 heavy (non-hydrogen) atoms. The van der Waals surface area contributed by atoms with E-state index < -0.39 is 12.2 Å². The number of aryl methyl sites for hydroxylation is 4. The van der Waals surface area contributed by atoms with E-state index in [1.54, 1.807) is 0 Å². The lowest BCUT2D eigenvalue weighted by atomic mass is 9.50. The Balaban J connectivity index is 2.00. The van der Waals surface area contributed by atoms with Crippen LogP contribution in [-0.4, -0.2) is 24.4 Å². The summed E-state index contributed by atoms with van der Waals surface area (Å²) in [5.74, 6) is 0.759. The van der Waals surface area contributed by atoms with Crippen LogP contribution in [0.4, 0.5) is 9.59 Å². The third kappa shape index (κ3) is 6.27. The fraction of sp³-hybridized carbons (Fsp3) is 0.600. The lowest BCUT2D eigenvalue weighted by Crippen LogP contribution is -2.50. The SMILES string of the molecule is CCc1cccc(CC)c1C(c1c(CC)cccc1CC)(C1CCC(OC(N)=O)CC1)C1CCC(OC(N)=O)CC1. The molecular weight excluding hydrogens is 512 g/mol. The first kappa shape index (κ1) is 30.9. The van der Waals surface area contributed by atoms with Gasteiger partial charge in [-0.15, -0.1) is 0 Å². The van der Waals surface area contributed by atoms with Crippen molar-refractivity contribution in [3.05, 3.63) is 69.8 Å². The van der Waals surface area contributed by atoms with E-state index in [1.165, 1.54) is 33.4 Å². The van der Waals surface area contributed by atoms with Crippen LogP contribution in [0.2, 0.25) is 0 Å². The van der Waals surface area contributed by atoms with Gasteiger partial charge in [-0.3, -0.25) is 0 Å². The molecule has 0 atom stereocenters. The maximum atomic E-state index is 11.6. The average Bonchev–Trinajstić information content (AvgIpc) is 2.98. The molecule has 2 aromatic rings. The minimum Gasteiger partial charge on any atom is -0.446 e. The van der Waals surface area contributed by atoms with E-state index in [4.69, 9.17) is 20.9 Å². The number of ether oxygens (including phenoxy) is 2. The summed E-state index contributed by atoms with van der Waals surface area (Å²) in [6.07, 6.45) is 9.45. The number of carbonyl (C=O) groups excluding carboxylic acids is 2. The minimum atomic E-state index is -0.679. The number of rotatable bonds is 10. The summed E-state index contributed by atoms with van der Waals surface area (Å²) in [6, 6.07) is 13.8. The molecular formula is C35H50N2O4. The van der Waals surface area contributed by atoms with Crippen molar-refractivity contribution in [2.45, 2.75) is 122 Å². The number of nitrogens with two attached hydrogens (primary N) is 2. The molecule has 0 bridgehead atoms. The predicted octanol–water partition coefficient (Wildman–Crippen LogP) is 7.53. The Morgan fingerprint density at radius 2 is 0.902 bits per heavy atom. The van der Waals surface area contributed by atoms with Crippen molar-refractivity contribution < 1.29 is 19.1 Å². The molecule has 6 heteroatoms. The van der Waals surface area contributed by atoms with Crippen LogP contribution in [0.5, 0.6) is 0 Å². The molecule has 2 saturated carbocycles. The Kier molecular flexibility index (Phi) is 10.4. The fourth-order valence-electron chi connectivity index (χ4n) is 8.42. The molecule has 0 radical (unpaired) electrons. The van der Waals surface area contributed by atoms with E-state index in [1.807, 2.05) is 0 Å². The highest BCUT2D eigenvalue weighted by Crippen LogP contribution is 2.58. The molecule has 2 fully saturated rings. The van der Waals surface area contributed by atoms with Gasteiger partial charge in [-0.2, -0.15) is 0 Å². The lowest BCUT2D eigenvalue weighted by molar-refractivity contribution is 0.0271. The number of carbonyl (C=O) groups is 2. The maximum Gasteiger partial charge on any atom is 0.404 e. The van der Waals surface area contributed by atoms with E-state index in [0.717, 1.165) is 77.0 Å². The Labute approximate surface area is 246 Å². The van der Waals surface area contributed by atoms with Crippen molar-refractivity contribution in [3.8, 4) is 0 Å². The smallest absolute Gasteiger partial charge is 0.404 e. The zero-order valence-electron chi connectivity index (χ0n) is 25.5. The van der Waals surface area contributed by atoms with E-state index in [2.05, 4.69) is 64.1 Å². The van der Waals surface area contributed by atoms with Gasteiger partial charge in [-0.05, 0) is 122 Å². The number of hydrogen-bond donors (Lipinski definition) is 2. The van der Waals surface area contributed by atoms with Crippen molar-refractivity contribution in [3.63, 3.8) is 0 Å². The van der Waals surface area contributed by atoms with E-state index in [9.17, 15) is 9.59 Å². The molecule has 2 amide bonds. The third-order valence-electron chi connectivity index (χ3n) is 10.0. The molecule has 0 aromatic heterocycles. The molecule has 0 unspecified atom stereocenters. The molecule has 6 nitrogen and oxygen atoms in total. The molecule has 4 N–H and O–H groups in total. The molecule has 224 valence electrons. The van der Waals surface area contributed by atoms with Crippen LogP contribution in [0.25, 0.3) is 0 Å². The van der Waals surface area contributed by atoms with Crippen LogP contribution in [-0.2, 0) is 40.6 Å². The summed E-state index contributed by atoms with van der Waals surface area (Å²) >= 11 is 0. The van der Waals surface area contributed by atoms with Crippen LogP contribution in [0.1, 0.15) is 112 Å². The van der Waals surface area contributed by atoms with Crippen LogP contribution in [0, 0.1) is 11.8 Å². The second kappa shape index (κ2) is 13.8. The number of benzene rings is 2. The summed E-state index contributed by atoms with van der Waals surface area (Å²) in [7, 11) is 0. The van der Waals surface area contributed by atoms with Gasteiger partial charge in [-0.1, -0.05) is 64.1 Å². The van der Waals surface area contributed by atoms with E-state index >= 15 is 0 Å². The van der Waals surface area contributed by atoms with Gasteiger partial charge in [0.2, 0.25) is 0 Å². The largest absolute Gasteiger partial charge is 0.446 e. The second-order valence-corrected chi connectivity index (χ2v) is 12.0. The zero-order valence-corrected chi connectivity index (χ0v) is 25.5. The normalized spacial score (nSPS) is 23.1. The highest BCUT2D eigenvalue weighted by atomic mass is 16.6. The van der Waals surface area contributed by atoms with Crippen molar-refractivity contribution in [2.75, 3.05) is 0 Å². The maximum absolute atomic E-state index is 11.6. The molecule has 0 heterocycles. The van der Waals surface area contributed by atoms with Crippen LogP contribution >= 0.6 is 0 Å². The van der Waals surface area contributed by atoms with Gasteiger partial charge in [0.05, 0.1) is 0 Å². The van der Waals surface area contributed by atoms with E-state index in [0.29, 0.717) is 11.8 Å². The van der Waals surface area contributed by atoms with E-state index in [-0.39, 0.29) is 17.6 Å². The minimum absolute atomic E-state index is 0.125. The molecule has 0 aliphatic heterocycles. The van der Waals surface area contributed by atoms with Gasteiger partial charge < -0.3 is 20.9 Å². The van der Waals surface area contributed by atoms with Crippen molar-refractivity contribution in [1.29, 1.82) is 0 Å². The summed E-state index contributed by atoms with van der Waals surface area (Å²) < 4.78 is 11.0. The third-order valence-corrected chi connectivity index (χ3v) is 10.0. The Morgan fingerprint density at radius 3 is 1.15 bits per heavy atom. The molecule has 2 aliphatic carbocycles. The highest BCUT2D eigenvalue weighted by molar-refractivity contribution is 5.65. The molecule has 2 aliphatic rings. The van der Waals surface area contributed by atoms with Gasteiger partial charge in [0.25, 0.3) is 0 Å². The Hall–Kier alpha value is -3.02. The van der Waals surface area contributed by atoms with Crippen molar-refractivity contribution in [2.24, 2.45) is 23.3 Å². The molecule has 0 saturated heterocycles. The van der Waals surface area contributed by atoms with Crippen LogP contribution < -0.4 is 11.5 Å². The van der Waals surface area contributed by atoms with Gasteiger partial charge in [0.1, 0.15) is 12.2 Å². The topological polar surface area (TPSA) is 105 Å².